The van der Waals surface area contributed by atoms with Crippen molar-refractivity contribution in [3.8, 4) is 0 Å². The van der Waals surface area contributed by atoms with Gasteiger partial charge in [0, 0.05) is 17.2 Å². The Hall–Kier alpha value is -2.11. The third kappa shape index (κ3) is 3.37. The molecule has 1 aromatic rings. The number of hydrogen-bond acceptors (Lipinski definition) is 3. The van der Waals surface area contributed by atoms with Crippen molar-refractivity contribution in [1.29, 1.82) is 0 Å². The molecule has 1 aliphatic rings. The molecular weight excluding hydrogens is 282 g/mol. The van der Waals surface area contributed by atoms with E-state index in [-0.39, 0.29) is 17.6 Å². The van der Waals surface area contributed by atoms with Crippen LogP contribution in [0.15, 0.2) is 0 Å². The molecule has 1 heterocycles. The van der Waals surface area contributed by atoms with E-state index < -0.39 is 5.91 Å². The van der Waals surface area contributed by atoms with Gasteiger partial charge in [-0.1, -0.05) is 19.3 Å². The first-order valence-electron chi connectivity index (χ1n) is 7.72. The summed E-state index contributed by atoms with van der Waals surface area (Å²) in [6.45, 7) is 4.94. The summed E-state index contributed by atoms with van der Waals surface area (Å²) in [4.78, 5) is 38.7. The quantitative estimate of drug-likeness (QED) is 0.590. The lowest BCUT2D eigenvalue weighted by Gasteiger charge is -2.20. The second kappa shape index (κ2) is 6.77. The Kier molecular flexibility index (Phi) is 5.00. The van der Waals surface area contributed by atoms with Crippen LogP contribution in [0.5, 0.6) is 0 Å². The van der Waals surface area contributed by atoms with Gasteiger partial charge in [0.25, 0.3) is 5.91 Å². The highest BCUT2D eigenvalue weighted by atomic mass is 16.2. The second-order valence-corrected chi connectivity index (χ2v) is 5.96. The minimum atomic E-state index is -0.433. The van der Waals surface area contributed by atoms with Crippen molar-refractivity contribution in [1.82, 2.24) is 15.8 Å². The zero-order chi connectivity index (χ0) is 16.3. The average Bonchev–Trinajstić information content (AvgIpc) is 2.80. The maximum atomic E-state index is 12.2. The lowest BCUT2D eigenvalue weighted by Crippen LogP contribution is -2.45. The van der Waals surface area contributed by atoms with Gasteiger partial charge in [-0.05, 0) is 39.2 Å². The predicted octanol–water partition coefficient (Wildman–Crippen LogP) is 2.18. The van der Waals surface area contributed by atoms with Gasteiger partial charge in [0.1, 0.15) is 5.69 Å². The number of carbonyl (C=O) groups excluding carboxylic acids is 3. The van der Waals surface area contributed by atoms with Crippen molar-refractivity contribution in [3.05, 3.63) is 22.5 Å². The fourth-order valence-corrected chi connectivity index (χ4v) is 3.15. The summed E-state index contributed by atoms with van der Waals surface area (Å²) in [5.41, 5.74) is 7.04. The van der Waals surface area contributed by atoms with Gasteiger partial charge in [-0.3, -0.25) is 25.2 Å². The van der Waals surface area contributed by atoms with Crippen molar-refractivity contribution < 1.29 is 14.4 Å². The minimum Gasteiger partial charge on any atom is -0.354 e. The van der Waals surface area contributed by atoms with Crippen LogP contribution in [0.25, 0.3) is 0 Å². The Labute approximate surface area is 130 Å². The van der Waals surface area contributed by atoms with E-state index >= 15 is 0 Å². The summed E-state index contributed by atoms with van der Waals surface area (Å²) in [5.74, 6) is -0.678. The summed E-state index contributed by atoms with van der Waals surface area (Å²) < 4.78 is 0. The molecule has 22 heavy (non-hydrogen) atoms. The number of ketones is 1. The smallest absolute Gasteiger partial charge is 0.286 e. The van der Waals surface area contributed by atoms with Gasteiger partial charge in [0.2, 0.25) is 5.91 Å². The molecule has 3 N–H and O–H groups in total. The molecular formula is C16H23N3O3. The maximum Gasteiger partial charge on any atom is 0.286 e. The highest BCUT2D eigenvalue weighted by Gasteiger charge is 2.23. The van der Waals surface area contributed by atoms with Gasteiger partial charge in [-0.25, -0.2) is 0 Å². The average molecular weight is 305 g/mol. The van der Waals surface area contributed by atoms with Crippen LogP contribution in [0, 0.1) is 19.8 Å². The Balaban J connectivity index is 1.99. The number of aromatic amines is 1. The number of Topliss-reactive ketones (excluding diaryl/α,β-unsaturated/α-hetero) is 1. The van der Waals surface area contributed by atoms with Crippen LogP contribution in [0.4, 0.5) is 0 Å². The van der Waals surface area contributed by atoms with E-state index in [9.17, 15) is 14.4 Å². The van der Waals surface area contributed by atoms with Gasteiger partial charge in [0.15, 0.2) is 5.78 Å². The molecule has 0 saturated heterocycles. The number of hydrazine groups is 1. The molecule has 1 aromatic heterocycles. The molecule has 6 nitrogen and oxygen atoms in total. The third-order valence-electron chi connectivity index (χ3n) is 4.29. The van der Waals surface area contributed by atoms with Crippen molar-refractivity contribution in [3.63, 3.8) is 0 Å². The van der Waals surface area contributed by atoms with Crippen LogP contribution in [0.3, 0.4) is 0 Å². The van der Waals surface area contributed by atoms with E-state index in [4.69, 9.17) is 0 Å². The molecule has 2 amide bonds. The third-order valence-corrected chi connectivity index (χ3v) is 4.29. The van der Waals surface area contributed by atoms with E-state index in [2.05, 4.69) is 15.8 Å². The molecule has 6 heteroatoms. The van der Waals surface area contributed by atoms with Crippen LogP contribution in [-0.4, -0.2) is 22.6 Å². The molecule has 0 aromatic carbocycles. The summed E-state index contributed by atoms with van der Waals surface area (Å²) in [6, 6.07) is 0. The highest BCUT2D eigenvalue weighted by Crippen LogP contribution is 2.23. The zero-order valence-corrected chi connectivity index (χ0v) is 13.3. The van der Waals surface area contributed by atoms with E-state index in [0.717, 1.165) is 25.7 Å². The first-order valence-corrected chi connectivity index (χ1v) is 7.72. The molecule has 0 unspecified atom stereocenters. The standard InChI is InChI=1S/C16H23N3O3/c1-9-13(11(3)20)10(2)17-14(9)16(22)19-18-15(21)12-7-5-4-6-8-12/h12,17H,4-8H2,1-3H3,(H,18,21)(H,19,22). The number of carbonyl (C=O) groups is 3. The maximum absolute atomic E-state index is 12.2. The number of nitrogens with one attached hydrogen (secondary N) is 3. The summed E-state index contributed by atoms with van der Waals surface area (Å²) in [5, 5.41) is 0. The SMILES string of the molecule is CC(=O)c1c(C)[nH]c(C(=O)NNC(=O)C2CCCCC2)c1C. The molecule has 1 aliphatic carbocycles. The Morgan fingerprint density at radius 3 is 2.23 bits per heavy atom. The largest absolute Gasteiger partial charge is 0.354 e. The lowest BCUT2D eigenvalue weighted by molar-refractivity contribution is -0.126. The van der Waals surface area contributed by atoms with Crippen molar-refractivity contribution in [2.75, 3.05) is 0 Å². The molecule has 0 atom stereocenters. The molecule has 0 bridgehead atoms. The number of aryl methyl sites for hydroxylation is 1. The van der Waals surface area contributed by atoms with Gasteiger partial charge in [-0.15, -0.1) is 0 Å². The van der Waals surface area contributed by atoms with E-state index in [0.29, 0.717) is 22.5 Å². The molecule has 0 spiro atoms. The van der Waals surface area contributed by atoms with Gasteiger partial charge in [-0.2, -0.15) is 0 Å². The molecule has 120 valence electrons. The number of H-pyrrole nitrogens is 1. The topological polar surface area (TPSA) is 91.1 Å². The number of aromatic nitrogens is 1. The molecule has 1 saturated carbocycles. The normalized spacial score (nSPS) is 15.4. The monoisotopic (exact) mass is 305 g/mol. The van der Waals surface area contributed by atoms with E-state index in [1.807, 2.05) is 0 Å². The van der Waals surface area contributed by atoms with Gasteiger partial charge >= 0.3 is 0 Å². The second-order valence-electron chi connectivity index (χ2n) is 5.96. The lowest BCUT2D eigenvalue weighted by atomic mass is 9.89. The summed E-state index contributed by atoms with van der Waals surface area (Å²) >= 11 is 0. The fraction of sp³-hybridized carbons (Fsp3) is 0.562. The summed E-state index contributed by atoms with van der Waals surface area (Å²) in [6.07, 6.45) is 5.03. The fourth-order valence-electron chi connectivity index (χ4n) is 3.15. The molecule has 1 fully saturated rings. The van der Waals surface area contributed by atoms with E-state index in [1.165, 1.54) is 13.3 Å². The Bertz CT molecular complexity index is 598. The highest BCUT2D eigenvalue weighted by molar-refractivity contribution is 6.02. The van der Waals surface area contributed by atoms with Gasteiger partial charge < -0.3 is 4.98 Å². The molecule has 2 rings (SSSR count). The van der Waals surface area contributed by atoms with Crippen LogP contribution >= 0.6 is 0 Å². The zero-order valence-electron chi connectivity index (χ0n) is 13.3. The number of hydrogen-bond donors (Lipinski definition) is 3. The molecule has 0 radical (unpaired) electrons. The van der Waals surface area contributed by atoms with Crippen molar-refractivity contribution in [2.45, 2.75) is 52.9 Å². The number of rotatable bonds is 3. The van der Waals surface area contributed by atoms with Crippen LogP contribution < -0.4 is 10.9 Å². The van der Waals surface area contributed by atoms with E-state index in [1.54, 1.807) is 13.8 Å². The first kappa shape index (κ1) is 16.3. The van der Waals surface area contributed by atoms with Crippen molar-refractivity contribution >= 4 is 17.6 Å². The van der Waals surface area contributed by atoms with Crippen LogP contribution in [-0.2, 0) is 4.79 Å². The van der Waals surface area contributed by atoms with Crippen molar-refractivity contribution in [2.24, 2.45) is 5.92 Å². The minimum absolute atomic E-state index is 0.0201. The Morgan fingerprint density at radius 2 is 1.68 bits per heavy atom. The number of amides is 2. The predicted molar refractivity (Wildman–Crippen MR) is 82.5 cm³/mol. The Morgan fingerprint density at radius 1 is 1.05 bits per heavy atom. The van der Waals surface area contributed by atoms with Gasteiger partial charge in [0.05, 0.1) is 0 Å². The molecule has 0 aliphatic heterocycles. The van der Waals surface area contributed by atoms with Crippen LogP contribution in [0.1, 0.15) is 71.1 Å². The first-order chi connectivity index (χ1) is 10.4. The van der Waals surface area contributed by atoms with Crippen LogP contribution in [0.2, 0.25) is 0 Å². The summed E-state index contributed by atoms with van der Waals surface area (Å²) in [7, 11) is 0.